The van der Waals surface area contributed by atoms with Gasteiger partial charge in [-0.15, -0.1) is 0 Å². The third-order valence-electron chi connectivity index (χ3n) is 4.82. The molecule has 0 atom stereocenters. The first-order chi connectivity index (χ1) is 15.0. The van der Waals surface area contributed by atoms with Crippen molar-refractivity contribution in [1.82, 2.24) is 0 Å². The predicted molar refractivity (Wildman–Crippen MR) is 125 cm³/mol. The summed E-state index contributed by atoms with van der Waals surface area (Å²) in [6.07, 6.45) is 1.16. The standard InChI is InChI=1S/C25H24NO4P/c1-3-24(27)26(21-17-15-20(16-18-21)25(28)30-4-2)19-31(29,22-11-7-5-8-12-22)23-13-9-6-10-14-23/h3,5-18H,1,4,19H2,2H3. The Kier molecular flexibility index (Phi) is 7.22. The number of rotatable bonds is 8. The van der Waals surface area contributed by atoms with Crippen LogP contribution in [0, 0.1) is 0 Å². The van der Waals surface area contributed by atoms with Gasteiger partial charge in [0, 0.05) is 16.3 Å². The smallest absolute Gasteiger partial charge is 0.338 e. The van der Waals surface area contributed by atoms with E-state index in [-0.39, 0.29) is 18.8 Å². The van der Waals surface area contributed by atoms with Gasteiger partial charge >= 0.3 is 5.97 Å². The molecule has 5 nitrogen and oxygen atoms in total. The third-order valence-corrected chi connectivity index (χ3v) is 7.76. The average Bonchev–Trinajstić information content (AvgIpc) is 2.83. The Bertz CT molecular complexity index is 1050. The van der Waals surface area contributed by atoms with Gasteiger partial charge in [0.25, 0.3) is 5.91 Å². The highest BCUT2D eigenvalue weighted by Crippen LogP contribution is 2.45. The van der Waals surface area contributed by atoms with Crippen molar-refractivity contribution in [2.45, 2.75) is 6.92 Å². The van der Waals surface area contributed by atoms with Crippen LogP contribution in [0.4, 0.5) is 5.69 Å². The second-order valence-corrected chi connectivity index (χ2v) is 9.59. The zero-order valence-electron chi connectivity index (χ0n) is 17.3. The first-order valence-electron chi connectivity index (χ1n) is 9.91. The van der Waals surface area contributed by atoms with Gasteiger partial charge in [0.2, 0.25) is 0 Å². The maximum atomic E-state index is 14.4. The van der Waals surface area contributed by atoms with E-state index in [0.29, 0.717) is 21.9 Å². The van der Waals surface area contributed by atoms with Crippen LogP contribution in [0.1, 0.15) is 17.3 Å². The number of hydrogen-bond acceptors (Lipinski definition) is 4. The van der Waals surface area contributed by atoms with E-state index in [1.807, 2.05) is 60.7 Å². The molecule has 6 heteroatoms. The Hall–Kier alpha value is -3.43. The van der Waals surface area contributed by atoms with Crippen LogP contribution in [0.2, 0.25) is 0 Å². The summed E-state index contributed by atoms with van der Waals surface area (Å²) in [5.41, 5.74) is 0.899. The summed E-state index contributed by atoms with van der Waals surface area (Å²) in [6, 6.07) is 24.8. The normalized spacial score (nSPS) is 10.9. The minimum Gasteiger partial charge on any atom is -0.462 e. The van der Waals surface area contributed by atoms with Crippen molar-refractivity contribution in [2.75, 3.05) is 17.8 Å². The lowest BCUT2D eigenvalue weighted by Crippen LogP contribution is -2.34. The fraction of sp³-hybridized carbons (Fsp3) is 0.120. The molecule has 0 N–H and O–H groups in total. The van der Waals surface area contributed by atoms with Crippen molar-refractivity contribution in [1.29, 1.82) is 0 Å². The number of anilines is 1. The summed E-state index contributed by atoms with van der Waals surface area (Å²) < 4.78 is 19.4. The minimum atomic E-state index is -3.19. The Labute approximate surface area is 182 Å². The van der Waals surface area contributed by atoms with Crippen LogP contribution in [-0.2, 0) is 14.1 Å². The monoisotopic (exact) mass is 433 g/mol. The molecule has 0 aliphatic rings. The van der Waals surface area contributed by atoms with E-state index in [0.717, 1.165) is 0 Å². The Morgan fingerprint density at radius 3 is 1.87 bits per heavy atom. The topological polar surface area (TPSA) is 63.7 Å². The molecule has 3 rings (SSSR count). The Balaban J connectivity index is 2.04. The van der Waals surface area contributed by atoms with Gasteiger partial charge in [-0.05, 0) is 37.3 Å². The van der Waals surface area contributed by atoms with Crippen LogP contribution in [0.15, 0.2) is 97.6 Å². The second-order valence-electron chi connectivity index (χ2n) is 6.79. The molecule has 0 aromatic heterocycles. The summed E-state index contributed by atoms with van der Waals surface area (Å²) in [5.74, 6) is -0.814. The number of nitrogens with zero attached hydrogens (tertiary/aromatic N) is 1. The highest BCUT2D eigenvalue weighted by Gasteiger charge is 2.32. The SMILES string of the molecule is C=CC(=O)N(CP(=O)(c1ccccc1)c1ccccc1)c1ccc(C(=O)OCC)cc1. The van der Waals surface area contributed by atoms with Crippen LogP contribution in [0.5, 0.6) is 0 Å². The van der Waals surface area contributed by atoms with Gasteiger partial charge in [-0.25, -0.2) is 4.79 Å². The lowest BCUT2D eigenvalue weighted by atomic mass is 10.2. The van der Waals surface area contributed by atoms with E-state index in [1.54, 1.807) is 31.2 Å². The molecular weight excluding hydrogens is 409 g/mol. The molecule has 0 unspecified atom stereocenters. The average molecular weight is 433 g/mol. The number of esters is 1. The molecule has 0 fully saturated rings. The maximum Gasteiger partial charge on any atom is 0.338 e. The van der Waals surface area contributed by atoms with Gasteiger partial charge in [-0.2, -0.15) is 0 Å². The summed E-state index contributed by atoms with van der Waals surface area (Å²) in [4.78, 5) is 26.2. The van der Waals surface area contributed by atoms with Crippen LogP contribution in [0.25, 0.3) is 0 Å². The zero-order chi connectivity index (χ0) is 22.3. The molecule has 3 aromatic carbocycles. The van der Waals surface area contributed by atoms with Crippen LogP contribution < -0.4 is 15.5 Å². The van der Waals surface area contributed by atoms with Crippen molar-refractivity contribution in [3.63, 3.8) is 0 Å². The molecule has 0 aliphatic carbocycles. The lowest BCUT2D eigenvalue weighted by molar-refractivity contribution is -0.114. The molecule has 3 aromatic rings. The summed E-state index contributed by atoms with van der Waals surface area (Å²) in [7, 11) is -3.19. The lowest BCUT2D eigenvalue weighted by Gasteiger charge is -2.28. The molecule has 0 saturated carbocycles. The highest BCUT2D eigenvalue weighted by atomic mass is 31.2. The van der Waals surface area contributed by atoms with Crippen molar-refractivity contribution in [3.8, 4) is 0 Å². The van der Waals surface area contributed by atoms with E-state index in [9.17, 15) is 14.2 Å². The van der Waals surface area contributed by atoms with Crippen LogP contribution in [-0.4, -0.2) is 24.8 Å². The van der Waals surface area contributed by atoms with Gasteiger partial charge in [-0.1, -0.05) is 67.2 Å². The molecule has 31 heavy (non-hydrogen) atoms. The summed E-state index contributed by atoms with van der Waals surface area (Å²) in [6.45, 7) is 5.61. The van der Waals surface area contributed by atoms with E-state index in [1.165, 1.54) is 11.0 Å². The second kappa shape index (κ2) is 10.1. The van der Waals surface area contributed by atoms with E-state index >= 15 is 0 Å². The quantitative estimate of drug-likeness (QED) is 0.301. The molecule has 0 aliphatic heterocycles. The number of benzene rings is 3. The summed E-state index contributed by atoms with van der Waals surface area (Å²) in [5, 5.41) is 1.32. The molecular formula is C25H24NO4P. The number of carbonyl (C=O) groups is 2. The minimum absolute atomic E-state index is 0.0371. The molecule has 158 valence electrons. The van der Waals surface area contributed by atoms with Crippen molar-refractivity contribution >= 4 is 35.3 Å². The van der Waals surface area contributed by atoms with Gasteiger partial charge < -0.3 is 14.2 Å². The fourth-order valence-corrected chi connectivity index (χ4v) is 5.86. The summed E-state index contributed by atoms with van der Waals surface area (Å²) >= 11 is 0. The first-order valence-corrected chi connectivity index (χ1v) is 11.8. The highest BCUT2D eigenvalue weighted by molar-refractivity contribution is 7.78. The predicted octanol–water partition coefficient (Wildman–Crippen LogP) is 4.35. The molecule has 0 saturated heterocycles. The fourth-order valence-electron chi connectivity index (χ4n) is 3.23. The Morgan fingerprint density at radius 1 is 0.903 bits per heavy atom. The van der Waals surface area contributed by atoms with Crippen LogP contribution >= 0.6 is 7.14 Å². The molecule has 0 bridgehead atoms. The molecule has 1 amide bonds. The molecule has 0 heterocycles. The van der Waals surface area contributed by atoms with Gasteiger partial charge in [0.05, 0.1) is 18.5 Å². The van der Waals surface area contributed by atoms with E-state index in [4.69, 9.17) is 4.74 Å². The first kappa shape index (κ1) is 22.3. The Morgan fingerprint density at radius 2 is 1.42 bits per heavy atom. The zero-order valence-corrected chi connectivity index (χ0v) is 18.2. The largest absolute Gasteiger partial charge is 0.462 e. The number of amides is 1. The van der Waals surface area contributed by atoms with Crippen LogP contribution in [0.3, 0.4) is 0 Å². The number of hydrogen-bond donors (Lipinski definition) is 0. The maximum absolute atomic E-state index is 14.4. The molecule has 0 radical (unpaired) electrons. The van der Waals surface area contributed by atoms with Crippen molar-refractivity contribution in [3.05, 3.63) is 103 Å². The van der Waals surface area contributed by atoms with E-state index < -0.39 is 13.1 Å². The third kappa shape index (κ3) is 5.01. The number of carbonyl (C=O) groups excluding carboxylic acids is 2. The van der Waals surface area contributed by atoms with Crippen molar-refractivity contribution < 1.29 is 18.9 Å². The van der Waals surface area contributed by atoms with Gasteiger partial charge in [-0.3, -0.25) is 4.79 Å². The van der Waals surface area contributed by atoms with E-state index in [2.05, 4.69) is 6.58 Å². The van der Waals surface area contributed by atoms with Gasteiger partial charge in [0.1, 0.15) is 0 Å². The molecule has 0 spiro atoms. The van der Waals surface area contributed by atoms with Gasteiger partial charge in [0.15, 0.2) is 7.14 Å². The number of ether oxygens (including phenoxy) is 1. The van der Waals surface area contributed by atoms with Crippen molar-refractivity contribution in [2.24, 2.45) is 0 Å².